The number of hydrogen-bond acceptors (Lipinski definition) is 8. The second-order valence-corrected chi connectivity index (χ2v) is 15.2. The quantitative estimate of drug-likeness (QED) is 0.0724. The molecule has 58 heavy (non-hydrogen) atoms. The molecule has 0 amide bonds. The van der Waals surface area contributed by atoms with Gasteiger partial charge in [0.2, 0.25) is 0 Å². The fourth-order valence-electron chi connectivity index (χ4n) is 9.34. The normalized spacial score (nSPS) is 20.2. The van der Waals surface area contributed by atoms with Crippen LogP contribution in [-0.2, 0) is 35.7 Å². The van der Waals surface area contributed by atoms with Crippen LogP contribution in [0.25, 0.3) is 11.1 Å². The van der Waals surface area contributed by atoms with Crippen molar-refractivity contribution in [3.05, 3.63) is 202 Å². The summed E-state index contributed by atoms with van der Waals surface area (Å²) in [5.74, 6) is -0.912. The van der Waals surface area contributed by atoms with Crippen LogP contribution in [0.15, 0.2) is 152 Å². The van der Waals surface area contributed by atoms with Gasteiger partial charge < -0.3 is 29.2 Å². The molecule has 0 saturated heterocycles. The summed E-state index contributed by atoms with van der Waals surface area (Å²) in [6, 6.07) is 45.0. The molecule has 9 heteroatoms. The molecule has 6 aromatic rings. The van der Waals surface area contributed by atoms with Gasteiger partial charge in [0, 0.05) is 17.5 Å². The van der Waals surface area contributed by atoms with Crippen LogP contribution >= 0.6 is 11.6 Å². The van der Waals surface area contributed by atoms with E-state index in [0.717, 1.165) is 39.5 Å². The molecule has 0 spiro atoms. The Morgan fingerprint density at radius 1 is 0.621 bits per heavy atom. The monoisotopic (exact) mass is 790 g/mol. The maximum atomic E-state index is 13.7. The fraction of sp³-hybridized carbons (Fsp3) is 0.184. The summed E-state index contributed by atoms with van der Waals surface area (Å²) < 4.78 is 22.8. The van der Waals surface area contributed by atoms with Gasteiger partial charge in [-0.2, -0.15) is 0 Å². The number of halogens is 1. The van der Waals surface area contributed by atoms with Crippen molar-refractivity contribution in [1.29, 1.82) is 0 Å². The Morgan fingerprint density at radius 3 is 1.69 bits per heavy atom. The van der Waals surface area contributed by atoms with Gasteiger partial charge in [-0.1, -0.05) is 121 Å². The number of carbonyl (C=O) groups is 2. The maximum absolute atomic E-state index is 13.7. The van der Waals surface area contributed by atoms with Crippen molar-refractivity contribution < 1.29 is 38.7 Å². The van der Waals surface area contributed by atoms with Gasteiger partial charge in [0.1, 0.15) is 49.1 Å². The molecule has 2 bridgehead atoms. The van der Waals surface area contributed by atoms with Crippen molar-refractivity contribution in [3.8, 4) is 22.6 Å². The van der Waals surface area contributed by atoms with Crippen molar-refractivity contribution >= 4 is 23.5 Å². The minimum atomic E-state index is -1.70. The predicted octanol–water partition coefficient (Wildman–Crippen LogP) is 8.24. The third-order valence-corrected chi connectivity index (χ3v) is 12.0. The van der Waals surface area contributed by atoms with E-state index in [2.05, 4.69) is 79.4 Å². The highest BCUT2D eigenvalue weighted by molar-refractivity contribution is 6.30. The van der Waals surface area contributed by atoms with E-state index in [0.29, 0.717) is 38.8 Å². The molecule has 3 atom stereocenters. The fourth-order valence-corrected chi connectivity index (χ4v) is 9.51. The molecule has 0 aliphatic heterocycles. The number of carbonyl (C=O) groups excluding carboxylic acids is 2. The van der Waals surface area contributed by atoms with E-state index in [9.17, 15) is 19.8 Å². The average Bonchev–Trinajstić information content (AvgIpc) is 3.56. The summed E-state index contributed by atoms with van der Waals surface area (Å²) in [6.07, 6.45) is 1.07. The van der Waals surface area contributed by atoms with Crippen LogP contribution in [0.5, 0.6) is 11.5 Å². The summed E-state index contributed by atoms with van der Waals surface area (Å²) >= 11 is 6.32. The maximum Gasteiger partial charge on any atom is 0.330 e. The third kappa shape index (κ3) is 5.82. The summed E-state index contributed by atoms with van der Waals surface area (Å²) in [5.41, 5.74) is 4.82. The van der Waals surface area contributed by atoms with Crippen LogP contribution in [-0.4, -0.2) is 48.6 Å². The summed E-state index contributed by atoms with van der Waals surface area (Å²) in [5, 5.41) is 24.8. The Balaban J connectivity index is 0.933. The Morgan fingerprint density at radius 2 is 1.12 bits per heavy atom. The topological polar surface area (TPSA) is 112 Å². The Kier molecular flexibility index (Phi) is 9.43. The van der Waals surface area contributed by atoms with Gasteiger partial charge >= 0.3 is 11.9 Å². The van der Waals surface area contributed by atoms with Crippen molar-refractivity contribution in [1.82, 2.24) is 0 Å². The SMILES string of the molecule is C=CC(=O)OCCOc1ccc(C2(c3ccc(OCCOC(=O)C4CC5(O)c6ccccc6C4(O)c4ccc(Cl)cc45)cc3)c3ccccc3-c3ccccc32)cc1. The molecule has 4 aliphatic carbocycles. The summed E-state index contributed by atoms with van der Waals surface area (Å²) in [4.78, 5) is 25.1. The van der Waals surface area contributed by atoms with E-state index in [1.54, 1.807) is 42.5 Å². The predicted molar refractivity (Wildman–Crippen MR) is 219 cm³/mol. The number of esters is 2. The molecule has 0 radical (unpaired) electrons. The van der Waals surface area contributed by atoms with Gasteiger partial charge in [-0.15, -0.1) is 0 Å². The van der Waals surface area contributed by atoms with Gasteiger partial charge in [0.15, 0.2) is 0 Å². The molecule has 0 saturated carbocycles. The van der Waals surface area contributed by atoms with E-state index < -0.39 is 34.5 Å². The van der Waals surface area contributed by atoms with Crippen LogP contribution in [0.3, 0.4) is 0 Å². The molecule has 0 aromatic heterocycles. The largest absolute Gasteiger partial charge is 0.490 e. The molecule has 10 rings (SSSR count). The number of aliphatic hydroxyl groups is 2. The van der Waals surface area contributed by atoms with Gasteiger partial charge in [-0.3, -0.25) is 4.79 Å². The first-order valence-electron chi connectivity index (χ1n) is 19.2. The molecule has 3 unspecified atom stereocenters. The minimum absolute atomic E-state index is 0.0496. The van der Waals surface area contributed by atoms with Gasteiger partial charge in [-0.25, -0.2) is 4.79 Å². The van der Waals surface area contributed by atoms with E-state index in [1.165, 1.54) is 0 Å². The van der Waals surface area contributed by atoms with Gasteiger partial charge in [0.25, 0.3) is 0 Å². The standard InChI is InChI=1S/C49H39ClO8/c1-2-45(51)57-27-25-55-34-20-15-31(16-21-34)48(38-11-5-3-9-36(38)37-10-4-6-12-39(37)48)32-17-22-35(23-18-32)56-26-28-58-46(52)44-30-47(53)40-13-7-8-14-41(40)49(44,54)42-24-19-33(50)29-43(42)47/h2-24,29,44,53-54H,1,25-28,30H2. The molecule has 290 valence electrons. The lowest BCUT2D eigenvalue weighted by atomic mass is 9.54. The van der Waals surface area contributed by atoms with E-state index in [4.69, 9.17) is 30.5 Å². The number of benzene rings is 6. The lowest BCUT2D eigenvalue weighted by Gasteiger charge is -2.53. The first-order chi connectivity index (χ1) is 28.2. The second kappa shape index (κ2) is 14.6. The number of fused-ring (bicyclic) bond motifs is 4. The van der Waals surface area contributed by atoms with Crippen LogP contribution in [0.1, 0.15) is 50.9 Å². The molecule has 4 aliphatic rings. The minimum Gasteiger partial charge on any atom is -0.490 e. The lowest BCUT2D eigenvalue weighted by Crippen LogP contribution is -2.57. The highest BCUT2D eigenvalue weighted by Gasteiger charge is 2.62. The van der Waals surface area contributed by atoms with Crippen LogP contribution in [0.2, 0.25) is 5.02 Å². The Bertz CT molecular complexity index is 2520. The zero-order valence-electron chi connectivity index (χ0n) is 31.4. The van der Waals surface area contributed by atoms with Crippen molar-refractivity contribution in [3.63, 3.8) is 0 Å². The zero-order valence-corrected chi connectivity index (χ0v) is 32.2. The lowest BCUT2D eigenvalue weighted by molar-refractivity contribution is -0.167. The molecule has 8 nitrogen and oxygen atoms in total. The summed E-state index contributed by atoms with van der Waals surface area (Å²) in [6.45, 7) is 3.76. The van der Waals surface area contributed by atoms with Crippen LogP contribution < -0.4 is 9.47 Å². The molecular weight excluding hydrogens is 752 g/mol. The smallest absolute Gasteiger partial charge is 0.330 e. The van der Waals surface area contributed by atoms with Crippen molar-refractivity contribution in [2.75, 3.05) is 26.4 Å². The summed E-state index contributed by atoms with van der Waals surface area (Å²) in [7, 11) is 0. The highest BCUT2D eigenvalue weighted by atomic mass is 35.5. The first-order valence-corrected chi connectivity index (χ1v) is 19.5. The molecule has 0 heterocycles. The van der Waals surface area contributed by atoms with Crippen LogP contribution in [0.4, 0.5) is 0 Å². The molecule has 2 N–H and O–H groups in total. The van der Waals surface area contributed by atoms with Gasteiger partial charge in [0.05, 0.1) is 11.3 Å². The highest BCUT2D eigenvalue weighted by Crippen LogP contribution is 2.60. The zero-order chi connectivity index (χ0) is 40.1. The number of hydrogen-bond donors (Lipinski definition) is 2. The molecular formula is C49H39ClO8. The van der Waals surface area contributed by atoms with Gasteiger partial charge in [-0.05, 0) is 92.0 Å². The van der Waals surface area contributed by atoms with E-state index in [-0.39, 0.29) is 32.8 Å². The molecule has 6 aromatic carbocycles. The van der Waals surface area contributed by atoms with E-state index in [1.807, 2.05) is 24.3 Å². The number of ether oxygens (including phenoxy) is 4. The van der Waals surface area contributed by atoms with Crippen molar-refractivity contribution in [2.45, 2.75) is 23.0 Å². The van der Waals surface area contributed by atoms with E-state index >= 15 is 0 Å². The van der Waals surface area contributed by atoms with Crippen molar-refractivity contribution in [2.24, 2.45) is 5.92 Å². The average molecular weight is 791 g/mol. The third-order valence-electron chi connectivity index (χ3n) is 11.8. The molecule has 0 fully saturated rings. The first kappa shape index (κ1) is 37.4. The van der Waals surface area contributed by atoms with Crippen LogP contribution in [0, 0.1) is 5.92 Å². The number of rotatable bonds is 12. The Hall–Kier alpha value is -6.19. The Labute approximate surface area is 340 Å². The second-order valence-electron chi connectivity index (χ2n) is 14.7.